The Labute approximate surface area is 209 Å². The van der Waals surface area contributed by atoms with Gasteiger partial charge in [-0.15, -0.1) is 22.0 Å². The number of hydrogen-bond acceptors (Lipinski definition) is 10. The molecule has 1 saturated carbocycles. The molecule has 34 heavy (non-hydrogen) atoms. The number of thioether (sulfide) groups is 2. The van der Waals surface area contributed by atoms with Crippen LogP contribution in [0.3, 0.4) is 0 Å². The van der Waals surface area contributed by atoms with Crippen molar-refractivity contribution in [2.75, 3.05) is 17.3 Å². The SMILES string of the molecule is CC1CCC2(CC1)SC/C(=N\c1nnc(SC3OC[C@@H](O)[C@H](O)[C@H]3O)s1)N2c1ccc(F)cc1. The molecule has 3 heterocycles. The molecule has 1 aromatic heterocycles. The molecule has 1 spiro atoms. The zero-order valence-electron chi connectivity index (χ0n) is 18.6. The molecular weight excluding hydrogens is 499 g/mol. The maximum Gasteiger partial charge on any atom is 0.234 e. The van der Waals surface area contributed by atoms with Crippen LogP contribution in [0.2, 0.25) is 0 Å². The number of ether oxygens (including phenoxy) is 1. The third-order valence-electron chi connectivity index (χ3n) is 6.57. The first-order chi connectivity index (χ1) is 16.3. The summed E-state index contributed by atoms with van der Waals surface area (Å²) in [4.78, 5) is 6.99. The first-order valence-corrected chi connectivity index (χ1v) is 14.0. The summed E-state index contributed by atoms with van der Waals surface area (Å²) >= 11 is 4.31. The molecule has 0 amide bonds. The van der Waals surface area contributed by atoms with Crippen LogP contribution in [0.15, 0.2) is 33.6 Å². The van der Waals surface area contributed by atoms with Crippen molar-refractivity contribution in [1.82, 2.24) is 10.2 Å². The molecule has 2 aromatic rings. The van der Waals surface area contributed by atoms with Gasteiger partial charge in [0.1, 0.15) is 35.4 Å². The number of aliphatic hydroxyl groups excluding tert-OH is 3. The van der Waals surface area contributed by atoms with Crippen LogP contribution >= 0.6 is 34.9 Å². The van der Waals surface area contributed by atoms with Gasteiger partial charge in [-0.2, -0.15) is 0 Å². The minimum atomic E-state index is -1.27. The molecule has 184 valence electrons. The van der Waals surface area contributed by atoms with E-state index in [1.54, 1.807) is 12.1 Å². The van der Waals surface area contributed by atoms with E-state index in [-0.39, 0.29) is 17.3 Å². The van der Waals surface area contributed by atoms with E-state index in [4.69, 9.17) is 9.73 Å². The second-order valence-electron chi connectivity index (χ2n) is 8.98. The predicted molar refractivity (Wildman–Crippen MR) is 132 cm³/mol. The van der Waals surface area contributed by atoms with Crippen molar-refractivity contribution < 1.29 is 24.4 Å². The maximum absolute atomic E-state index is 13.6. The van der Waals surface area contributed by atoms with Crippen molar-refractivity contribution in [2.24, 2.45) is 10.9 Å². The quantitative estimate of drug-likeness (QED) is 0.552. The van der Waals surface area contributed by atoms with Gasteiger partial charge in [0.05, 0.1) is 17.2 Å². The molecule has 1 aromatic carbocycles. The molecule has 3 aliphatic rings. The molecule has 2 saturated heterocycles. The first-order valence-electron chi connectivity index (χ1n) is 11.3. The van der Waals surface area contributed by atoms with Gasteiger partial charge in [-0.25, -0.2) is 9.38 Å². The van der Waals surface area contributed by atoms with Crippen LogP contribution in [0, 0.1) is 11.7 Å². The van der Waals surface area contributed by atoms with Gasteiger partial charge in [-0.1, -0.05) is 30.0 Å². The van der Waals surface area contributed by atoms with E-state index in [1.807, 2.05) is 11.8 Å². The fourth-order valence-corrected chi connectivity index (χ4v) is 7.95. The number of aromatic nitrogens is 2. The largest absolute Gasteiger partial charge is 0.388 e. The van der Waals surface area contributed by atoms with Crippen LogP contribution in [0.5, 0.6) is 0 Å². The van der Waals surface area contributed by atoms with Gasteiger partial charge in [-0.05, 0) is 55.9 Å². The number of hydrogen-bond donors (Lipinski definition) is 3. The number of aliphatic hydroxyl groups is 3. The van der Waals surface area contributed by atoms with Gasteiger partial charge in [0.15, 0.2) is 4.34 Å². The Bertz CT molecular complexity index is 1030. The van der Waals surface area contributed by atoms with Gasteiger partial charge in [0, 0.05) is 5.69 Å². The summed E-state index contributed by atoms with van der Waals surface area (Å²) in [5, 5.41) is 38.6. The van der Waals surface area contributed by atoms with Gasteiger partial charge in [0.2, 0.25) is 5.13 Å². The van der Waals surface area contributed by atoms with Gasteiger partial charge < -0.3 is 25.0 Å². The minimum Gasteiger partial charge on any atom is -0.388 e. The third-order valence-corrected chi connectivity index (χ3v) is 10.2. The van der Waals surface area contributed by atoms with Crippen molar-refractivity contribution in [3.05, 3.63) is 30.1 Å². The number of benzene rings is 1. The van der Waals surface area contributed by atoms with Crippen LogP contribution in [-0.4, -0.2) is 72.3 Å². The zero-order chi connectivity index (χ0) is 23.9. The Morgan fingerprint density at radius 1 is 1.15 bits per heavy atom. The number of anilines is 1. The number of rotatable bonds is 4. The number of nitrogens with zero attached hydrogens (tertiary/aromatic N) is 4. The van der Waals surface area contributed by atoms with Crippen molar-refractivity contribution in [1.29, 1.82) is 0 Å². The van der Waals surface area contributed by atoms with E-state index < -0.39 is 23.7 Å². The lowest BCUT2D eigenvalue weighted by Crippen LogP contribution is -2.51. The molecule has 1 unspecified atom stereocenters. The van der Waals surface area contributed by atoms with E-state index in [0.717, 1.165) is 54.7 Å². The molecule has 3 fully saturated rings. The van der Waals surface area contributed by atoms with Crippen molar-refractivity contribution in [3.8, 4) is 0 Å². The summed E-state index contributed by atoms with van der Waals surface area (Å²) in [6, 6.07) is 6.57. The highest BCUT2D eigenvalue weighted by Gasteiger charge is 2.47. The Morgan fingerprint density at radius 3 is 2.62 bits per heavy atom. The fraction of sp³-hybridized carbons (Fsp3) is 0.591. The molecule has 8 nitrogen and oxygen atoms in total. The predicted octanol–water partition coefficient (Wildman–Crippen LogP) is 3.40. The molecule has 2 aliphatic heterocycles. The van der Waals surface area contributed by atoms with Crippen molar-refractivity contribution >= 4 is 51.5 Å². The Hall–Kier alpha value is -1.28. The summed E-state index contributed by atoms with van der Waals surface area (Å²) in [5.41, 5.74) is 0.169. The topological polar surface area (TPSA) is 111 Å². The standard InChI is InChI=1S/C22H27FN4O4S3/c1-12-6-8-22(9-7-12)27(14-4-2-13(23)3-5-14)16(11-32-22)24-20-25-26-21(34-20)33-19-18(30)17(29)15(28)10-31-19/h2-5,12,15,17-19,28-30H,6-11H2,1H3/b24-16+/t12?,15-,17+,18-,19?,22?/m1/s1. The zero-order valence-corrected chi connectivity index (χ0v) is 21.0. The van der Waals surface area contributed by atoms with Crippen LogP contribution in [-0.2, 0) is 4.74 Å². The van der Waals surface area contributed by atoms with E-state index in [9.17, 15) is 19.7 Å². The number of halogens is 1. The van der Waals surface area contributed by atoms with Crippen LogP contribution in [0.1, 0.15) is 32.6 Å². The molecule has 0 bridgehead atoms. The van der Waals surface area contributed by atoms with E-state index >= 15 is 0 Å². The highest BCUT2D eigenvalue weighted by molar-refractivity contribution is 8.02. The lowest BCUT2D eigenvalue weighted by Gasteiger charge is -2.43. The van der Waals surface area contributed by atoms with Crippen LogP contribution in [0.4, 0.5) is 15.2 Å². The molecular formula is C22H27FN4O4S3. The fourth-order valence-electron chi connectivity index (χ4n) is 4.59. The summed E-state index contributed by atoms with van der Waals surface area (Å²) < 4.78 is 19.6. The summed E-state index contributed by atoms with van der Waals surface area (Å²) in [6.07, 6.45) is 0.739. The molecule has 0 radical (unpaired) electrons. The molecule has 1 aliphatic carbocycles. The number of aliphatic imine (C=N–C) groups is 1. The van der Waals surface area contributed by atoms with E-state index in [2.05, 4.69) is 22.0 Å². The number of amidine groups is 1. The smallest absolute Gasteiger partial charge is 0.234 e. The van der Waals surface area contributed by atoms with Gasteiger partial charge >= 0.3 is 0 Å². The lowest BCUT2D eigenvalue weighted by atomic mass is 9.85. The highest BCUT2D eigenvalue weighted by atomic mass is 32.2. The van der Waals surface area contributed by atoms with Crippen molar-refractivity contribution in [3.63, 3.8) is 0 Å². The van der Waals surface area contributed by atoms with E-state index in [1.165, 1.54) is 23.5 Å². The maximum atomic E-state index is 13.6. The third kappa shape index (κ3) is 4.86. The monoisotopic (exact) mass is 526 g/mol. The molecule has 5 rings (SSSR count). The highest BCUT2D eigenvalue weighted by Crippen LogP contribution is 2.51. The summed E-state index contributed by atoms with van der Waals surface area (Å²) in [5.74, 6) is 2.02. The van der Waals surface area contributed by atoms with Crippen molar-refractivity contribution in [2.45, 2.75) is 65.6 Å². The van der Waals surface area contributed by atoms with Gasteiger partial charge in [-0.3, -0.25) is 0 Å². The Balaban J connectivity index is 1.38. The lowest BCUT2D eigenvalue weighted by molar-refractivity contribution is -0.161. The molecule has 12 heteroatoms. The van der Waals surface area contributed by atoms with E-state index in [0.29, 0.717) is 15.4 Å². The molecule has 3 N–H and O–H groups in total. The van der Waals surface area contributed by atoms with Crippen LogP contribution in [0.25, 0.3) is 0 Å². The Morgan fingerprint density at radius 2 is 1.88 bits per heavy atom. The second-order valence-corrected chi connectivity index (χ2v) is 12.6. The summed E-state index contributed by atoms with van der Waals surface area (Å²) in [6.45, 7) is 2.23. The summed E-state index contributed by atoms with van der Waals surface area (Å²) in [7, 11) is 0. The first kappa shape index (κ1) is 24.4. The normalized spacial score (nSPS) is 35.4. The average Bonchev–Trinajstić information content (AvgIpc) is 3.42. The average molecular weight is 527 g/mol. The minimum absolute atomic E-state index is 0.0611. The molecule has 4 atom stereocenters. The van der Waals surface area contributed by atoms with Gasteiger partial charge in [0.25, 0.3) is 0 Å². The second kappa shape index (κ2) is 10.00. The van der Waals surface area contributed by atoms with Crippen LogP contribution < -0.4 is 4.90 Å². The Kier molecular flexibility index (Phi) is 7.18.